The number of carbonyl (C=O) groups excluding carboxylic acids is 4. The van der Waals surface area contributed by atoms with Gasteiger partial charge in [-0.25, -0.2) is 23.3 Å². The minimum atomic E-state index is -1.52. The lowest BCUT2D eigenvalue weighted by molar-refractivity contribution is -0.143. The van der Waals surface area contributed by atoms with Crippen LogP contribution in [0, 0.1) is 11.6 Å². The third-order valence-corrected chi connectivity index (χ3v) is 7.42. The zero-order valence-corrected chi connectivity index (χ0v) is 20.3. The smallest absolute Gasteiger partial charge is 0.418 e. The summed E-state index contributed by atoms with van der Waals surface area (Å²) < 4.78 is 32.9. The number of ether oxygens (including phenoxy) is 1. The fourth-order valence-electron chi connectivity index (χ4n) is 5.59. The van der Waals surface area contributed by atoms with Gasteiger partial charge in [0.15, 0.2) is 11.6 Å². The molecular formula is C26H26F2N4O5. The molecule has 5 amide bonds. The Labute approximate surface area is 211 Å². The van der Waals surface area contributed by atoms with E-state index in [1.54, 1.807) is 18.2 Å². The molecule has 0 saturated carbocycles. The van der Waals surface area contributed by atoms with Crippen molar-refractivity contribution < 1.29 is 32.7 Å². The molecule has 3 atom stereocenters. The minimum Gasteiger partial charge on any atom is -0.427 e. The molecule has 2 heterocycles. The molecule has 2 N–H and O–H groups in total. The topological polar surface area (TPSA) is 108 Å². The molecule has 1 spiro atoms. The highest BCUT2D eigenvalue weighted by Crippen LogP contribution is 2.46. The van der Waals surface area contributed by atoms with E-state index < -0.39 is 53.8 Å². The van der Waals surface area contributed by atoms with Crippen molar-refractivity contribution >= 4 is 29.6 Å². The number of imide groups is 1. The Kier molecular flexibility index (Phi) is 6.09. The van der Waals surface area contributed by atoms with Gasteiger partial charge in [0, 0.05) is 30.8 Å². The molecule has 0 aromatic heterocycles. The fourth-order valence-corrected chi connectivity index (χ4v) is 5.59. The number of rotatable bonds is 4. The SMILES string of the molecule is CNC(=O)Nc1ccc2c(c1)CC[C@@]21OC(=O)N(CC(=O)N2[C@@H](C)CC[C@H]2c2ccc(F)c(F)c2)C1=O. The molecule has 9 nitrogen and oxygen atoms in total. The van der Waals surface area contributed by atoms with E-state index in [2.05, 4.69) is 10.6 Å². The van der Waals surface area contributed by atoms with E-state index in [-0.39, 0.29) is 12.5 Å². The predicted octanol–water partition coefficient (Wildman–Crippen LogP) is 3.59. The number of anilines is 1. The van der Waals surface area contributed by atoms with Crippen molar-refractivity contribution in [3.63, 3.8) is 0 Å². The van der Waals surface area contributed by atoms with Crippen LogP contribution in [0.25, 0.3) is 0 Å². The standard InChI is InChI=1S/C26H26F2N4O5/c1-14-3-8-21(16-4-7-19(27)20(28)12-16)32(14)22(33)13-31-23(34)26(37-25(31)36)10-9-15-11-17(5-6-18(15)26)30-24(35)29-2/h4-7,11-12,14,21H,3,8-10,13H2,1-2H3,(H2,29,30,35)/t14-,21-,26+/m0/s1. The number of likely N-dealkylation sites (tertiary alicyclic amines) is 1. The third kappa shape index (κ3) is 4.08. The van der Waals surface area contributed by atoms with Gasteiger partial charge in [0.25, 0.3) is 5.91 Å². The van der Waals surface area contributed by atoms with Crippen LogP contribution in [-0.2, 0) is 26.3 Å². The first-order chi connectivity index (χ1) is 17.6. The maximum Gasteiger partial charge on any atom is 0.418 e. The number of hydrogen-bond donors (Lipinski definition) is 2. The summed E-state index contributed by atoms with van der Waals surface area (Å²) in [6, 6.07) is 7.42. The van der Waals surface area contributed by atoms with E-state index in [0.29, 0.717) is 36.1 Å². The van der Waals surface area contributed by atoms with Gasteiger partial charge in [-0.05, 0) is 61.6 Å². The zero-order chi connectivity index (χ0) is 26.5. The molecule has 37 heavy (non-hydrogen) atoms. The monoisotopic (exact) mass is 512 g/mol. The van der Waals surface area contributed by atoms with Crippen LogP contribution >= 0.6 is 0 Å². The second kappa shape index (κ2) is 9.13. The average molecular weight is 513 g/mol. The maximum absolute atomic E-state index is 13.9. The lowest BCUT2D eigenvalue weighted by Gasteiger charge is -2.30. The summed E-state index contributed by atoms with van der Waals surface area (Å²) in [4.78, 5) is 53.7. The Bertz CT molecular complexity index is 1320. The number of aryl methyl sites for hydroxylation is 1. The van der Waals surface area contributed by atoms with E-state index in [1.807, 2.05) is 6.92 Å². The number of hydrogen-bond acceptors (Lipinski definition) is 5. The van der Waals surface area contributed by atoms with Crippen LogP contribution < -0.4 is 10.6 Å². The van der Waals surface area contributed by atoms with E-state index in [1.165, 1.54) is 18.0 Å². The summed E-state index contributed by atoms with van der Waals surface area (Å²) in [6.07, 6.45) is 0.937. The van der Waals surface area contributed by atoms with Crippen LogP contribution in [0.15, 0.2) is 36.4 Å². The van der Waals surface area contributed by atoms with Crippen LogP contribution in [0.5, 0.6) is 0 Å². The molecule has 1 aliphatic carbocycles. The van der Waals surface area contributed by atoms with Crippen molar-refractivity contribution in [3.05, 3.63) is 64.7 Å². The Hall–Kier alpha value is -4.02. The highest BCUT2D eigenvalue weighted by atomic mass is 19.2. The first-order valence-electron chi connectivity index (χ1n) is 12.1. The molecule has 2 saturated heterocycles. The van der Waals surface area contributed by atoms with Crippen LogP contribution in [0.3, 0.4) is 0 Å². The van der Waals surface area contributed by atoms with Gasteiger partial charge in [0.1, 0.15) is 6.54 Å². The molecule has 5 rings (SSSR count). The molecular weight excluding hydrogens is 486 g/mol. The number of nitrogens with one attached hydrogen (secondary N) is 2. The van der Waals surface area contributed by atoms with Gasteiger partial charge >= 0.3 is 12.1 Å². The Morgan fingerprint density at radius 1 is 1.11 bits per heavy atom. The summed E-state index contributed by atoms with van der Waals surface area (Å²) in [5.41, 5.74) is 0.751. The fraction of sp³-hybridized carbons (Fsp3) is 0.385. The normalized spacial score (nSPS) is 24.4. The Balaban J connectivity index is 1.36. The van der Waals surface area contributed by atoms with Crippen LogP contribution in [0.4, 0.5) is 24.1 Å². The van der Waals surface area contributed by atoms with Gasteiger partial charge < -0.3 is 20.3 Å². The third-order valence-electron chi connectivity index (χ3n) is 7.42. The summed E-state index contributed by atoms with van der Waals surface area (Å²) in [6.45, 7) is 1.32. The molecule has 194 valence electrons. The molecule has 2 fully saturated rings. The molecule has 0 bridgehead atoms. The van der Waals surface area contributed by atoms with E-state index in [0.717, 1.165) is 22.6 Å². The van der Waals surface area contributed by atoms with Crippen LogP contribution in [0.1, 0.15) is 48.9 Å². The summed E-state index contributed by atoms with van der Waals surface area (Å²) in [5, 5.41) is 5.13. The highest BCUT2D eigenvalue weighted by molar-refractivity contribution is 6.06. The molecule has 0 radical (unpaired) electrons. The van der Waals surface area contributed by atoms with Crippen molar-refractivity contribution in [2.24, 2.45) is 0 Å². The van der Waals surface area contributed by atoms with Crippen LogP contribution in [0.2, 0.25) is 0 Å². The van der Waals surface area contributed by atoms with E-state index >= 15 is 0 Å². The molecule has 11 heteroatoms. The summed E-state index contributed by atoms with van der Waals surface area (Å²) in [7, 11) is 1.49. The Morgan fingerprint density at radius 3 is 2.62 bits per heavy atom. The quantitative estimate of drug-likeness (QED) is 0.651. The van der Waals surface area contributed by atoms with Crippen molar-refractivity contribution in [3.8, 4) is 0 Å². The maximum atomic E-state index is 13.9. The predicted molar refractivity (Wildman–Crippen MR) is 127 cm³/mol. The lowest BCUT2D eigenvalue weighted by atomic mass is 9.94. The number of amides is 5. The van der Waals surface area contributed by atoms with Crippen molar-refractivity contribution in [1.29, 1.82) is 0 Å². The zero-order valence-electron chi connectivity index (χ0n) is 20.3. The molecule has 2 aromatic rings. The average Bonchev–Trinajstić information content (AvgIpc) is 3.51. The first kappa shape index (κ1) is 24.7. The number of nitrogens with zero attached hydrogens (tertiary/aromatic N) is 2. The second-order valence-electron chi connectivity index (χ2n) is 9.58. The number of carbonyl (C=O) groups is 4. The Morgan fingerprint density at radius 2 is 1.89 bits per heavy atom. The van der Waals surface area contributed by atoms with Gasteiger partial charge in [0.05, 0.1) is 6.04 Å². The number of fused-ring (bicyclic) bond motifs is 2. The number of urea groups is 1. The molecule has 2 aromatic carbocycles. The van der Waals surface area contributed by atoms with E-state index in [4.69, 9.17) is 4.74 Å². The van der Waals surface area contributed by atoms with Crippen molar-refractivity contribution in [2.75, 3.05) is 18.9 Å². The first-order valence-corrected chi connectivity index (χ1v) is 12.1. The van der Waals surface area contributed by atoms with Crippen molar-refractivity contribution in [1.82, 2.24) is 15.1 Å². The molecule has 0 unspecified atom stereocenters. The summed E-state index contributed by atoms with van der Waals surface area (Å²) >= 11 is 0. The molecule has 3 aliphatic rings. The number of benzene rings is 2. The lowest BCUT2D eigenvalue weighted by Crippen LogP contribution is -2.46. The second-order valence-corrected chi connectivity index (χ2v) is 9.58. The largest absolute Gasteiger partial charge is 0.427 e. The highest BCUT2D eigenvalue weighted by Gasteiger charge is 2.58. The molecule has 2 aliphatic heterocycles. The van der Waals surface area contributed by atoms with Crippen molar-refractivity contribution in [2.45, 2.75) is 50.3 Å². The van der Waals surface area contributed by atoms with Gasteiger partial charge in [0.2, 0.25) is 11.5 Å². The van der Waals surface area contributed by atoms with Gasteiger partial charge in [-0.1, -0.05) is 12.1 Å². The van der Waals surface area contributed by atoms with Gasteiger partial charge in [-0.15, -0.1) is 0 Å². The number of halogens is 2. The minimum absolute atomic E-state index is 0.216. The summed E-state index contributed by atoms with van der Waals surface area (Å²) in [5.74, 6) is -3.08. The van der Waals surface area contributed by atoms with Crippen LogP contribution in [-0.4, -0.2) is 53.4 Å². The van der Waals surface area contributed by atoms with Gasteiger partial charge in [-0.3, -0.25) is 9.59 Å². The van der Waals surface area contributed by atoms with Gasteiger partial charge in [-0.2, -0.15) is 0 Å². The van der Waals surface area contributed by atoms with E-state index in [9.17, 15) is 28.0 Å².